The van der Waals surface area contributed by atoms with E-state index in [9.17, 15) is 0 Å². The summed E-state index contributed by atoms with van der Waals surface area (Å²) in [6, 6.07) is 4.24. The van der Waals surface area contributed by atoms with Gasteiger partial charge in [-0.15, -0.1) is 6.58 Å². The van der Waals surface area contributed by atoms with E-state index in [4.69, 9.17) is 4.74 Å². The van der Waals surface area contributed by atoms with Crippen molar-refractivity contribution in [1.29, 1.82) is 0 Å². The molecule has 1 nitrogen and oxygen atoms in total. The monoisotopic (exact) mass is 190 g/mol. The summed E-state index contributed by atoms with van der Waals surface area (Å²) in [6.45, 7) is 10.7. The van der Waals surface area contributed by atoms with Crippen molar-refractivity contribution >= 4 is 0 Å². The predicted octanol–water partition coefficient (Wildman–Crippen LogP) is 3.43. The Morgan fingerprint density at radius 2 is 1.93 bits per heavy atom. The number of hydrogen-bond donors (Lipinski definition) is 0. The van der Waals surface area contributed by atoms with Crippen LogP contribution in [0, 0.1) is 13.8 Å². The number of hydrogen-bond acceptors (Lipinski definition) is 1. The van der Waals surface area contributed by atoms with E-state index in [1.165, 1.54) is 16.7 Å². The Hall–Kier alpha value is -1.24. The summed E-state index contributed by atoms with van der Waals surface area (Å²) in [6.07, 6.45) is 2.80. The van der Waals surface area contributed by atoms with E-state index in [0.29, 0.717) is 6.61 Å². The van der Waals surface area contributed by atoms with Crippen molar-refractivity contribution in [3.8, 4) is 5.75 Å². The summed E-state index contributed by atoms with van der Waals surface area (Å²) in [4.78, 5) is 0. The van der Waals surface area contributed by atoms with Crippen molar-refractivity contribution in [3.63, 3.8) is 0 Å². The van der Waals surface area contributed by atoms with Gasteiger partial charge in [0, 0.05) is 5.56 Å². The maximum Gasteiger partial charge on any atom is 0.125 e. The SMILES string of the molecule is C=CCc1c(C)ccc(C)c1OCC. The maximum atomic E-state index is 5.65. The Kier molecular flexibility index (Phi) is 3.75. The lowest BCUT2D eigenvalue weighted by atomic mass is 10.0. The third-order valence-corrected chi connectivity index (χ3v) is 2.33. The van der Waals surface area contributed by atoms with Crippen LogP contribution in [-0.4, -0.2) is 6.61 Å². The standard InChI is InChI=1S/C13H18O/c1-5-7-12-10(3)8-9-11(4)13(12)14-6-2/h5,8-9H,1,6-7H2,2-4H3. The third kappa shape index (κ3) is 2.16. The van der Waals surface area contributed by atoms with Gasteiger partial charge in [0.25, 0.3) is 0 Å². The first-order valence-electron chi connectivity index (χ1n) is 5.03. The molecule has 14 heavy (non-hydrogen) atoms. The average Bonchev–Trinajstić information content (AvgIpc) is 2.17. The van der Waals surface area contributed by atoms with Crippen molar-refractivity contribution < 1.29 is 4.74 Å². The van der Waals surface area contributed by atoms with E-state index in [1.54, 1.807) is 0 Å². The van der Waals surface area contributed by atoms with E-state index in [0.717, 1.165) is 12.2 Å². The molecule has 0 aromatic heterocycles. The fourth-order valence-corrected chi connectivity index (χ4v) is 1.59. The Morgan fingerprint density at radius 1 is 1.29 bits per heavy atom. The quantitative estimate of drug-likeness (QED) is 0.661. The van der Waals surface area contributed by atoms with Gasteiger partial charge in [-0.05, 0) is 38.3 Å². The molecule has 0 amide bonds. The second-order valence-corrected chi connectivity index (χ2v) is 3.43. The molecule has 0 bridgehead atoms. The Balaban J connectivity index is 3.18. The molecule has 0 saturated heterocycles. The van der Waals surface area contributed by atoms with E-state index in [2.05, 4.69) is 32.6 Å². The van der Waals surface area contributed by atoms with Crippen LogP contribution in [0.4, 0.5) is 0 Å². The van der Waals surface area contributed by atoms with Crippen LogP contribution in [0.5, 0.6) is 5.75 Å². The first kappa shape index (κ1) is 10.8. The van der Waals surface area contributed by atoms with Crippen LogP contribution in [0.3, 0.4) is 0 Å². The van der Waals surface area contributed by atoms with Gasteiger partial charge in [-0.25, -0.2) is 0 Å². The zero-order valence-electron chi connectivity index (χ0n) is 9.26. The molecule has 1 heteroatoms. The number of benzene rings is 1. The molecule has 0 fully saturated rings. The molecule has 1 aromatic carbocycles. The van der Waals surface area contributed by atoms with Crippen molar-refractivity contribution in [2.24, 2.45) is 0 Å². The molecule has 0 spiro atoms. The molecule has 0 heterocycles. The molecule has 0 radical (unpaired) electrons. The zero-order chi connectivity index (χ0) is 10.6. The van der Waals surface area contributed by atoms with Gasteiger partial charge in [0.1, 0.15) is 5.75 Å². The van der Waals surface area contributed by atoms with Crippen molar-refractivity contribution in [2.75, 3.05) is 6.61 Å². The highest BCUT2D eigenvalue weighted by Gasteiger charge is 2.07. The molecular formula is C13H18O. The van der Waals surface area contributed by atoms with Gasteiger partial charge in [-0.2, -0.15) is 0 Å². The first-order valence-corrected chi connectivity index (χ1v) is 5.03. The van der Waals surface area contributed by atoms with E-state index in [-0.39, 0.29) is 0 Å². The molecular weight excluding hydrogens is 172 g/mol. The van der Waals surface area contributed by atoms with Gasteiger partial charge < -0.3 is 4.74 Å². The van der Waals surface area contributed by atoms with Gasteiger partial charge >= 0.3 is 0 Å². The Labute approximate surface area is 86.4 Å². The van der Waals surface area contributed by atoms with Gasteiger partial charge in [-0.3, -0.25) is 0 Å². The molecule has 1 aromatic rings. The number of ether oxygens (including phenoxy) is 1. The minimum absolute atomic E-state index is 0.717. The topological polar surface area (TPSA) is 9.23 Å². The van der Waals surface area contributed by atoms with Crippen molar-refractivity contribution in [2.45, 2.75) is 27.2 Å². The largest absolute Gasteiger partial charge is 0.493 e. The highest BCUT2D eigenvalue weighted by molar-refractivity contribution is 5.46. The highest BCUT2D eigenvalue weighted by Crippen LogP contribution is 2.27. The summed E-state index contributed by atoms with van der Waals surface area (Å²) >= 11 is 0. The van der Waals surface area contributed by atoms with E-state index >= 15 is 0 Å². The van der Waals surface area contributed by atoms with Crippen LogP contribution in [0.25, 0.3) is 0 Å². The van der Waals surface area contributed by atoms with Gasteiger partial charge in [0.15, 0.2) is 0 Å². The molecule has 0 aliphatic carbocycles. The van der Waals surface area contributed by atoms with Crippen LogP contribution in [-0.2, 0) is 6.42 Å². The smallest absolute Gasteiger partial charge is 0.125 e. The van der Waals surface area contributed by atoms with Gasteiger partial charge in [0.2, 0.25) is 0 Å². The van der Waals surface area contributed by atoms with Crippen molar-refractivity contribution in [3.05, 3.63) is 41.5 Å². The highest BCUT2D eigenvalue weighted by atomic mass is 16.5. The fraction of sp³-hybridized carbons (Fsp3) is 0.385. The maximum absolute atomic E-state index is 5.65. The third-order valence-electron chi connectivity index (χ3n) is 2.33. The lowest BCUT2D eigenvalue weighted by Gasteiger charge is -2.14. The van der Waals surface area contributed by atoms with Crippen LogP contribution in [0.1, 0.15) is 23.6 Å². The summed E-state index contributed by atoms with van der Waals surface area (Å²) in [5.41, 5.74) is 3.75. The summed E-state index contributed by atoms with van der Waals surface area (Å²) in [5, 5.41) is 0. The predicted molar refractivity (Wildman–Crippen MR) is 61.0 cm³/mol. The van der Waals surface area contributed by atoms with Gasteiger partial charge in [0.05, 0.1) is 6.61 Å². The minimum Gasteiger partial charge on any atom is -0.493 e. The number of aryl methyl sites for hydroxylation is 2. The molecule has 0 aliphatic rings. The molecule has 0 aliphatic heterocycles. The second kappa shape index (κ2) is 4.85. The van der Waals surface area contributed by atoms with E-state index in [1.807, 2.05) is 13.0 Å². The lowest BCUT2D eigenvalue weighted by molar-refractivity contribution is 0.334. The summed E-state index contributed by atoms with van der Waals surface area (Å²) < 4.78 is 5.65. The molecule has 1 rings (SSSR count). The Bertz CT molecular complexity index is 326. The first-order chi connectivity index (χ1) is 6.70. The van der Waals surface area contributed by atoms with Crippen LogP contribution in [0.2, 0.25) is 0 Å². The normalized spacial score (nSPS) is 9.93. The summed E-state index contributed by atoms with van der Waals surface area (Å²) in [5.74, 6) is 1.03. The summed E-state index contributed by atoms with van der Waals surface area (Å²) in [7, 11) is 0. The van der Waals surface area contributed by atoms with Crippen LogP contribution >= 0.6 is 0 Å². The van der Waals surface area contributed by atoms with Crippen LogP contribution < -0.4 is 4.74 Å². The minimum atomic E-state index is 0.717. The molecule has 0 saturated carbocycles. The molecule has 76 valence electrons. The van der Waals surface area contributed by atoms with Crippen LogP contribution in [0.15, 0.2) is 24.8 Å². The zero-order valence-corrected chi connectivity index (χ0v) is 9.26. The van der Waals surface area contributed by atoms with Crippen molar-refractivity contribution in [1.82, 2.24) is 0 Å². The average molecular weight is 190 g/mol. The molecule has 0 N–H and O–H groups in total. The lowest BCUT2D eigenvalue weighted by Crippen LogP contribution is -2.00. The number of allylic oxidation sites excluding steroid dienone is 1. The van der Waals surface area contributed by atoms with Gasteiger partial charge in [-0.1, -0.05) is 18.2 Å². The molecule has 0 unspecified atom stereocenters. The molecule has 0 atom stereocenters. The second-order valence-electron chi connectivity index (χ2n) is 3.43. The number of rotatable bonds is 4. The van der Waals surface area contributed by atoms with E-state index < -0.39 is 0 Å². The Morgan fingerprint density at radius 3 is 2.50 bits per heavy atom. The fourth-order valence-electron chi connectivity index (χ4n) is 1.59.